The van der Waals surface area contributed by atoms with E-state index in [2.05, 4.69) is 0 Å². The van der Waals surface area contributed by atoms with Crippen LogP contribution < -0.4 is 11.5 Å². The fourth-order valence-corrected chi connectivity index (χ4v) is 0.662. The fourth-order valence-electron chi connectivity index (χ4n) is 0.662. The second kappa shape index (κ2) is 5.21. The molecular weight excluding hydrogens is 126 g/mol. The van der Waals surface area contributed by atoms with Crippen LogP contribution in [0.15, 0.2) is 0 Å². The number of hydrogen-bond donors (Lipinski definition) is 2. The summed E-state index contributed by atoms with van der Waals surface area (Å²) in [7, 11) is 0. The molecular formula is C7H15N3. The minimum atomic E-state index is -0.336. The van der Waals surface area contributed by atoms with Gasteiger partial charge in [-0.05, 0) is 19.3 Å². The van der Waals surface area contributed by atoms with E-state index in [4.69, 9.17) is 16.7 Å². The van der Waals surface area contributed by atoms with Gasteiger partial charge in [-0.3, -0.25) is 0 Å². The summed E-state index contributed by atoms with van der Waals surface area (Å²) < 4.78 is 0. The van der Waals surface area contributed by atoms with Crippen molar-refractivity contribution in [2.24, 2.45) is 11.5 Å². The van der Waals surface area contributed by atoms with Gasteiger partial charge in [-0.25, -0.2) is 0 Å². The van der Waals surface area contributed by atoms with Crippen LogP contribution in [-0.4, -0.2) is 12.1 Å². The van der Waals surface area contributed by atoms with Crippen molar-refractivity contribution in [2.45, 2.75) is 38.3 Å². The summed E-state index contributed by atoms with van der Waals surface area (Å²) in [5, 5.41) is 8.30. The minimum Gasteiger partial charge on any atom is -0.328 e. The normalized spacial score (nSPS) is 15.8. The molecule has 0 aromatic carbocycles. The maximum Gasteiger partial charge on any atom is 0.0928 e. The Kier molecular flexibility index (Phi) is 4.91. The fraction of sp³-hybridized carbons (Fsp3) is 0.857. The van der Waals surface area contributed by atoms with E-state index < -0.39 is 0 Å². The molecule has 3 heteroatoms. The molecule has 0 bridgehead atoms. The van der Waals surface area contributed by atoms with Gasteiger partial charge in [0, 0.05) is 6.04 Å². The Labute approximate surface area is 62.0 Å². The molecule has 4 N–H and O–H groups in total. The van der Waals surface area contributed by atoms with Crippen molar-refractivity contribution in [3.05, 3.63) is 0 Å². The average Bonchev–Trinajstić information content (AvgIpc) is 1.99. The Balaban J connectivity index is 3.28. The van der Waals surface area contributed by atoms with Crippen LogP contribution in [0.1, 0.15) is 26.2 Å². The Morgan fingerprint density at radius 3 is 2.40 bits per heavy atom. The van der Waals surface area contributed by atoms with Crippen LogP contribution in [0.5, 0.6) is 0 Å². The summed E-state index contributed by atoms with van der Waals surface area (Å²) in [6.07, 6.45) is 2.52. The average molecular weight is 141 g/mol. The van der Waals surface area contributed by atoms with Gasteiger partial charge in [-0.1, -0.05) is 6.92 Å². The van der Waals surface area contributed by atoms with Gasteiger partial charge in [0.25, 0.3) is 0 Å². The van der Waals surface area contributed by atoms with Gasteiger partial charge in [0.15, 0.2) is 0 Å². The summed E-state index contributed by atoms with van der Waals surface area (Å²) in [6, 6.07) is 1.84. The third kappa shape index (κ3) is 4.30. The van der Waals surface area contributed by atoms with Crippen LogP contribution in [0.4, 0.5) is 0 Å². The Morgan fingerprint density at radius 1 is 1.40 bits per heavy atom. The zero-order valence-corrected chi connectivity index (χ0v) is 6.38. The van der Waals surface area contributed by atoms with Crippen molar-refractivity contribution in [1.29, 1.82) is 5.26 Å². The number of rotatable bonds is 4. The van der Waals surface area contributed by atoms with Crippen LogP contribution in [0, 0.1) is 11.3 Å². The molecule has 0 amide bonds. The predicted molar refractivity (Wildman–Crippen MR) is 41.1 cm³/mol. The lowest BCUT2D eigenvalue weighted by atomic mass is 10.1. The molecule has 0 radical (unpaired) electrons. The van der Waals surface area contributed by atoms with Crippen molar-refractivity contribution >= 4 is 0 Å². The quantitative estimate of drug-likeness (QED) is 0.593. The van der Waals surface area contributed by atoms with Crippen molar-refractivity contribution in [2.75, 3.05) is 0 Å². The molecule has 0 aromatic rings. The van der Waals surface area contributed by atoms with Crippen LogP contribution in [0.3, 0.4) is 0 Å². The molecule has 0 spiro atoms. The van der Waals surface area contributed by atoms with Crippen molar-refractivity contribution in [3.63, 3.8) is 0 Å². The third-order valence-corrected chi connectivity index (χ3v) is 1.54. The van der Waals surface area contributed by atoms with Gasteiger partial charge in [-0.15, -0.1) is 0 Å². The van der Waals surface area contributed by atoms with E-state index in [1.165, 1.54) is 0 Å². The molecule has 0 rings (SSSR count). The largest absolute Gasteiger partial charge is 0.328 e. The zero-order valence-electron chi connectivity index (χ0n) is 6.38. The first-order chi connectivity index (χ1) is 4.70. The van der Waals surface area contributed by atoms with Gasteiger partial charge in [0.1, 0.15) is 0 Å². The maximum atomic E-state index is 8.30. The first-order valence-corrected chi connectivity index (χ1v) is 3.61. The molecule has 0 saturated heterocycles. The summed E-state index contributed by atoms with van der Waals surface area (Å²) in [5.74, 6) is 0. The lowest BCUT2D eigenvalue weighted by Crippen LogP contribution is -2.24. The molecule has 0 aliphatic carbocycles. The van der Waals surface area contributed by atoms with Crippen molar-refractivity contribution in [1.82, 2.24) is 0 Å². The number of nitrogens with two attached hydrogens (primary N) is 2. The Morgan fingerprint density at radius 2 is 2.00 bits per heavy atom. The van der Waals surface area contributed by atoms with Crippen LogP contribution in [-0.2, 0) is 0 Å². The number of hydrogen-bond acceptors (Lipinski definition) is 3. The summed E-state index contributed by atoms with van der Waals surface area (Å²) in [4.78, 5) is 0. The van der Waals surface area contributed by atoms with Gasteiger partial charge >= 0.3 is 0 Å². The maximum absolute atomic E-state index is 8.30. The van der Waals surface area contributed by atoms with E-state index in [9.17, 15) is 0 Å². The minimum absolute atomic E-state index is 0.208. The van der Waals surface area contributed by atoms with Gasteiger partial charge in [0.2, 0.25) is 0 Å². The first kappa shape index (κ1) is 9.41. The lowest BCUT2D eigenvalue weighted by Gasteiger charge is -2.08. The Bertz CT molecular complexity index is 117. The van der Waals surface area contributed by atoms with E-state index >= 15 is 0 Å². The molecule has 58 valence electrons. The van der Waals surface area contributed by atoms with E-state index in [-0.39, 0.29) is 12.1 Å². The molecule has 0 aliphatic rings. The van der Waals surface area contributed by atoms with Crippen LogP contribution >= 0.6 is 0 Å². The highest BCUT2D eigenvalue weighted by Crippen LogP contribution is 1.99. The molecule has 3 nitrogen and oxygen atoms in total. The van der Waals surface area contributed by atoms with E-state index in [1.54, 1.807) is 0 Å². The Hall–Kier alpha value is -0.590. The highest BCUT2D eigenvalue weighted by molar-refractivity contribution is 4.86. The van der Waals surface area contributed by atoms with Crippen LogP contribution in [0.25, 0.3) is 0 Å². The van der Waals surface area contributed by atoms with Gasteiger partial charge in [-0.2, -0.15) is 5.26 Å². The molecule has 0 saturated carbocycles. The second-order valence-electron chi connectivity index (χ2n) is 2.48. The second-order valence-corrected chi connectivity index (χ2v) is 2.48. The topological polar surface area (TPSA) is 75.8 Å². The smallest absolute Gasteiger partial charge is 0.0928 e. The molecule has 2 atom stereocenters. The van der Waals surface area contributed by atoms with E-state index in [1.807, 2.05) is 13.0 Å². The first-order valence-electron chi connectivity index (χ1n) is 3.61. The molecule has 0 aromatic heterocycles. The molecule has 10 heavy (non-hydrogen) atoms. The van der Waals surface area contributed by atoms with E-state index in [0.29, 0.717) is 6.42 Å². The monoisotopic (exact) mass is 141 g/mol. The lowest BCUT2D eigenvalue weighted by molar-refractivity contribution is 0.548. The molecule has 0 aliphatic heterocycles. The molecule has 0 fully saturated rings. The number of nitrogens with zero attached hydrogens (tertiary/aromatic N) is 1. The zero-order chi connectivity index (χ0) is 7.98. The SMILES string of the molecule is CCC(N)CCC(N)C#N. The highest BCUT2D eigenvalue weighted by Gasteiger charge is 2.03. The summed E-state index contributed by atoms with van der Waals surface area (Å²) in [6.45, 7) is 2.03. The highest BCUT2D eigenvalue weighted by atomic mass is 14.7. The third-order valence-electron chi connectivity index (χ3n) is 1.54. The van der Waals surface area contributed by atoms with Crippen molar-refractivity contribution < 1.29 is 0 Å². The molecule has 2 unspecified atom stereocenters. The summed E-state index contributed by atoms with van der Waals surface area (Å²) in [5.41, 5.74) is 11.0. The van der Waals surface area contributed by atoms with Crippen molar-refractivity contribution in [3.8, 4) is 6.07 Å². The standard InChI is InChI=1S/C7H15N3/c1-2-6(9)3-4-7(10)5-8/h6-7H,2-4,9-10H2,1H3. The number of nitriles is 1. The predicted octanol–water partition coefficient (Wildman–Crippen LogP) is 0.355. The van der Waals surface area contributed by atoms with Crippen LogP contribution in [0.2, 0.25) is 0 Å². The van der Waals surface area contributed by atoms with E-state index in [0.717, 1.165) is 12.8 Å². The van der Waals surface area contributed by atoms with Gasteiger partial charge in [0.05, 0.1) is 12.1 Å². The van der Waals surface area contributed by atoms with Gasteiger partial charge < -0.3 is 11.5 Å². The molecule has 0 heterocycles. The summed E-state index contributed by atoms with van der Waals surface area (Å²) >= 11 is 0.